The van der Waals surface area contributed by atoms with Crippen LogP contribution < -0.4 is 9.47 Å². The third-order valence-electron chi connectivity index (χ3n) is 1.44. The van der Waals surface area contributed by atoms with Gasteiger partial charge in [-0.2, -0.15) is 0 Å². The van der Waals surface area contributed by atoms with Crippen LogP contribution in [0.2, 0.25) is 0 Å². The van der Waals surface area contributed by atoms with Crippen molar-refractivity contribution in [1.82, 2.24) is 0 Å². The molecular weight excluding hydrogens is 180 g/mol. The van der Waals surface area contributed by atoms with E-state index in [2.05, 4.69) is 6.58 Å². The average Bonchev–Trinajstić information content (AvgIpc) is 2.24. The number of benzene rings is 1. The lowest BCUT2D eigenvalue weighted by Gasteiger charge is -2.07. The third kappa shape index (κ3) is 2.81. The Morgan fingerprint density at radius 3 is 2.71 bits per heavy atom. The molecule has 0 bridgehead atoms. The van der Waals surface area contributed by atoms with Crippen LogP contribution in [0.4, 0.5) is 0 Å². The first-order valence-electron chi connectivity index (χ1n) is 4.07. The van der Waals surface area contributed by atoms with Gasteiger partial charge >= 0.3 is 0 Å². The highest BCUT2D eigenvalue weighted by molar-refractivity contribution is 5.46. The van der Waals surface area contributed by atoms with Crippen LogP contribution in [0.1, 0.15) is 0 Å². The molecule has 72 valence electrons. The Hall–Kier alpha value is -1.99. The van der Waals surface area contributed by atoms with Crippen LogP contribution in [0.15, 0.2) is 43.2 Å². The zero-order chi connectivity index (χ0) is 10.2. The van der Waals surface area contributed by atoms with E-state index >= 15 is 0 Å². The molecule has 0 fully saturated rings. The van der Waals surface area contributed by atoms with E-state index in [1.807, 2.05) is 6.07 Å². The molecule has 0 atom stereocenters. The van der Waals surface area contributed by atoms with Crippen LogP contribution in [-0.2, 0) is 4.79 Å². The van der Waals surface area contributed by atoms with E-state index in [-0.39, 0.29) is 0 Å². The summed E-state index contributed by atoms with van der Waals surface area (Å²) in [4.78, 5) is 9.94. The summed E-state index contributed by atoms with van der Waals surface area (Å²) in [5, 5.41) is 0. The number of para-hydroxylation sites is 2. The van der Waals surface area contributed by atoms with Gasteiger partial charge < -0.3 is 9.47 Å². The molecule has 0 aromatic heterocycles. The maximum atomic E-state index is 9.94. The van der Waals surface area contributed by atoms with Gasteiger partial charge in [-0.05, 0) is 12.1 Å². The van der Waals surface area contributed by atoms with Crippen molar-refractivity contribution < 1.29 is 14.3 Å². The molecule has 1 aromatic rings. The van der Waals surface area contributed by atoms with Gasteiger partial charge in [-0.3, -0.25) is 0 Å². The van der Waals surface area contributed by atoms with E-state index < -0.39 is 0 Å². The quantitative estimate of drug-likeness (QED) is 0.404. The standard InChI is InChI=1S/C11H10O3/c1-2-8-13-10-5-3-4-6-11(10)14-9-7-12/h2-6,9H,1,8H2. The Kier molecular flexibility index (Phi) is 4.05. The predicted octanol–water partition coefficient (Wildman–Crippen LogP) is 1.98. The predicted molar refractivity (Wildman–Crippen MR) is 53.0 cm³/mol. The summed E-state index contributed by atoms with van der Waals surface area (Å²) in [6.45, 7) is 3.93. The van der Waals surface area contributed by atoms with Crippen molar-refractivity contribution in [1.29, 1.82) is 0 Å². The van der Waals surface area contributed by atoms with Crippen molar-refractivity contribution in [2.24, 2.45) is 0 Å². The largest absolute Gasteiger partial charge is 0.486 e. The second-order valence-corrected chi connectivity index (χ2v) is 2.40. The van der Waals surface area contributed by atoms with Gasteiger partial charge in [0, 0.05) is 0 Å². The van der Waals surface area contributed by atoms with E-state index in [1.165, 1.54) is 5.94 Å². The molecule has 0 spiro atoms. The van der Waals surface area contributed by atoms with Gasteiger partial charge in [0.05, 0.1) is 0 Å². The van der Waals surface area contributed by atoms with Crippen molar-refractivity contribution in [3.8, 4) is 11.5 Å². The summed E-state index contributed by atoms with van der Waals surface area (Å²) in [5.41, 5.74) is 0. The molecule has 1 aromatic carbocycles. The Bertz CT molecular complexity index is 351. The molecular formula is C11H10O3. The smallest absolute Gasteiger partial charge is 0.175 e. The highest BCUT2D eigenvalue weighted by Gasteiger charge is 2.01. The van der Waals surface area contributed by atoms with E-state index in [9.17, 15) is 4.79 Å². The lowest BCUT2D eigenvalue weighted by Crippen LogP contribution is -1.95. The minimum absolute atomic E-state index is 0.394. The van der Waals surface area contributed by atoms with Gasteiger partial charge in [0.1, 0.15) is 6.61 Å². The molecule has 0 N–H and O–H groups in total. The van der Waals surface area contributed by atoms with Gasteiger partial charge in [-0.25, -0.2) is 4.79 Å². The minimum atomic E-state index is 0.394. The van der Waals surface area contributed by atoms with Gasteiger partial charge in [-0.1, -0.05) is 24.8 Å². The fourth-order valence-electron chi connectivity index (χ4n) is 0.903. The molecule has 0 unspecified atom stereocenters. The van der Waals surface area contributed by atoms with Crippen molar-refractivity contribution in [2.45, 2.75) is 0 Å². The van der Waals surface area contributed by atoms with Gasteiger partial charge in [0.15, 0.2) is 23.7 Å². The monoisotopic (exact) mass is 190 g/mol. The summed E-state index contributed by atoms with van der Waals surface area (Å²) in [6, 6.07) is 7.05. The zero-order valence-electron chi connectivity index (χ0n) is 7.60. The van der Waals surface area contributed by atoms with Crippen molar-refractivity contribution in [3.05, 3.63) is 43.2 Å². The average molecular weight is 190 g/mol. The summed E-state index contributed by atoms with van der Waals surface area (Å²) in [6.07, 6.45) is 2.57. The highest BCUT2D eigenvalue weighted by Crippen LogP contribution is 2.26. The SMILES string of the molecule is C=CCOc1ccccc1OC=C=O. The molecule has 0 saturated heterocycles. The van der Waals surface area contributed by atoms with Crippen LogP contribution in [0.25, 0.3) is 0 Å². The maximum Gasteiger partial charge on any atom is 0.175 e. The van der Waals surface area contributed by atoms with E-state index in [4.69, 9.17) is 9.47 Å². The van der Waals surface area contributed by atoms with Gasteiger partial charge in [0.25, 0.3) is 0 Å². The first-order chi connectivity index (χ1) is 6.88. The number of rotatable bonds is 5. The van der Waals surface area contributed by atoms with Crippen LogP contribution >= 0.6 is 0 Å². The Morgan fingerprint density at radius 2 is 2.07 bits per heavy atom. The Morgan fingerprint density at radius 1 is 1.36 bits per heavy atom. The molecule has 0 aliphatic carbocycles. The molecule has 3 nitrogen and oxygen atoms in total. The lowest BCUT2D eigenvalue weighted by molar-refractivity contribution is 0.340. The summed E-state index contributed by atoms with van der Waals surface area (Å²) >= 11 is 0. The number of hydrogen-bond acceptors (Lipinski definition) is 3. The van der Waals surface area contributed by atoms with E-state index in [1.54, 1.807) is 24.3 Å². The fraction of sp³-hybridized carbons (Fsp3) is 0.0909. The second kappa shape index (κ2) is 5.62. The third-order valence-corrected chi connectivity index (χ3v) is 1.44. The molecule has 0 saturated carbocycles. The van der Waals surface area contributed by atoms with Gasteiger partial charge in [0.2, 0.25) is 0 Å². The first-order valence-corrected chi connectivity index (χ1v) is 4.07. The zero-order valence-corrected chi connectivity index (χ0v) is 7.60. The molecule has 1 rings (SSSR count). The van der Waals surface area contributed by atoms with Crippen molar-refractivity contribution >= 4 is 5.94 Å². The maximum absolute atomic E-state index is 9.94. The first kappa shape index (κ1) is 10.1. The Labute approximate surface area is 82.3 Å². The normalized spacial score (nSPS) is 8.57. The lowest BCUT2D eigenvalue weighted by atomic mass is 10.3. The summed E-state index contributed by atoms with van der Waals surface area (Å²) < 4.78 is 10.3. The van der Waals surface area contributed by atoms with E-state index in [0.29, 0.717) is 18.1 Å². The topological polar surface area (TPSA) is 35.5 Å². The fourth-order valence-corrected chi connectivity index (χ4v) is 0.903. The molecule has 3 heteroatoms. The van der Waals surface area contributed by atoms with Crippen LogP contribution in [0.3, 0.4) is 0 Å². The number of hydrogen-bond donors (Lipinski definition) is 0. The highest BCUT2D eigenvalue weighted by atomic mass is 16.5. The van der Waals surface area contributed by atoms with Gasteiger partial charge in [-0.15, -0.1) is 0 Å². The summed E-state index contributed by atoms with van der Waals surface area (Å²) in [7, 11) is 0. The summed E-state index contributed by atoms with van der Waals surface area (Å²) in [5.74, 6) is 2.58. The Balaban J connectivity index is 2.78. The molecule has 0 aliphatic rings. The number of ether oxygens (including phenoxy) is 2. The second-order valence-electron chi connectivity index (χ2n) is 2.40. The van der Waals surface area contributed by atoms with Crippen LogP contribution in [0, 0.1) is 0 Å². The van der Waals surface area contributed by atoms with Crippen molar-refractivity contribution in [2.75, 3.05) is 6.61 Å². The van der Waals surface area contributed by atoms with Crippen LogP contribution in [-0.4, -0.2) is 12.5 Å². The molecule has 0 radical (unpaired) electrons. The van der Waals surface area contributed by atoms with Crippen molar-refractivity contribution in [3.63, 3.8) is 0 Å². The number of carbonyl (C=O) groups excluding carboxylic acids is 1. The minimum Gasteiger partial charge on any atom is -0.486 e. The molecule has 0 heterocycles. The van der Waals surface area contributed by atoms with E-state index in [0.717, 1.165) is 6.26 Å². The molecule has 0 amide bonds. The van der Waals surface area contributed by atoms with Crippen LogP contribution in [0.5, 0.6) is 11.5 Å². The molecule has 14 heavy (non-hydrogen) atoms. The molecule has 0 aliphatic heterocycles.